The monoisotopic (exact) mass is 310 g/mol. The van der Waals surface area contributed by atoms with Crippen molar-refractivity contribution in [3.63, 3.8) is 0 Å². The quantitative estimate of drug-likeness (QED) is 0.544. The van der Waals surface area contributed by atoms with Crippen molar-refractivity contribution in [1.82, 2.24) is 0 Å². The first kappa shape index (κ1) is 19.5. The summed E-state index contributed by atoms with van der Waals surface area (Å²) in [6.45, 7) is 13.3. The van der Waals surface area contributed by atoms with E-state index in [1.54, 1.807) is 0 Å². The topological polar surface area (TPSA) is 0 Å². The van der Waals surface area contributed by atoms with Crippen LogP contribution in [0.2, 0.25) is 0 Å². The molecule has 0 nitrogen and oxygen atoms in total. The fraction of sp³-hybridized carbons (Fsp3) is 0.478. The van der Waals surface area contributed by atoms with Crippen molar-refractivity contribution in [3.05, 3.63) is 70.8 Å². The average molecular weight is 311 g/mol. The van der Waals surface area contributed by atoms with E-state index in [-0.39, 0.29) is 0 Å². The maximum absolute atomic E-state index is 2.27. The second-order valence-corrected chi connectivity index (χ2v) is 7.07. The van der Waals surface area contributed by atoms with Gasteiger partial charge < -0.3 is 0 Å². The normalized spacial score (nSPS) is 10.6. The number of aryl methyl sites for hydroxylation is 2. The van der Waals surface area contributed by atoms with Crippen LogP contribution in [0.25, 0.3) is 0 Å². The Morgan fingerprint density at radius 1 is 0.696 bits per heavy atom. The number of unbranched alkanes of at least 4 members (excludes halogenated alkanes) is 1. The van der Waals surface area contributed by atoms with E-state index < -0.39 is 0 Å². The SMILES string of the molecule is CCCCc1ccc(C(C)C)cc1.Cc1ccc(C(C)C)cc1. The molecular weight excluding hydrogens is 276 g/mol. The highest BCUT2D eigenvalue weighted by molar-refractivity contribution is 5.25. The van der Waals surface area contributed by atoms with Crippen LogP contribution in [0.1, 0.15) is 81.5 Å². The van der Waals surface area contributed by atoms with Crippen molar-refractivity contribution >= 4 is 0 Å². The van der Waals surface area contributed by atoms with Gasteiger partial charge in [0.2, 0.25) is 0 Å². The Kier molecular flexibility index (Phi) is 8.69. The summed E-state index contributed by atoms with van der Waals surface area (Å²) in [7, 11) is 0. The molecule has 0 heterocycles. The third-order valence-electron chi connectivity index (χ3n) is 4.21. The minimum atomic E-state index is 0.653. The summed E-state index contributed by atoms with van der Waals surface area (Å²) in [5.41, 5.74) is 5.68. The number of rotatable bonds is 5. The van der Waals surface area contributed by atoms with Crippen LogP contribution in [0.3, 0.4) is 0 Å². The van der Waals surface area contributed by atoms with Crippen LogP contribution in [0.15, 0.2) is 48.5 Å². The average Bonchev–Trinajstić information content (AvgIpc) is 2.54. The molecular formula is C23H34. The van der Waals surface area contributed by atoms with Gasteiger partial charge in [-0.3, -0.25) is 0 Å². The van der Waals surface area contributed by atoms with Gasteiger partial charge in [0.15, 0.2) is 0 Å². The maximum atomic E-state index is 2.27. The Morgan fingerprint density at radius 2 is 1.13 bits per heavy atom. The third-order valence-corrected chi connectivity index (χ3v) is 4.21. The highest BCUT2D eigenvalue weighted by atomic mass is 14.0. The molecule has 2 aromatic rings. The molecule has 0 aliphatic heterocycles. The van der Waals surface area contributed by atoms with Crippen LogP contribution in [-0.2, 0) is 6.42 Å². The van der Waals surface area contributed by atoms with Crippen molar-refractivity contribution in [2.24, 2.45) is 0 Å². The molecule has 0 bridgehead atoms. The van der Waals surface area contributed by atoms with Gasteiger partial charge in [-0.2, -0.15) is 0 Å². The molecule has 0 heteroatoms. The minimum Gasteiger partial charge on any atom is -0.0654 e. The summed E-state index contributed by atoms with van der Waals surface area (Å²) >= 11 is 0. The van der Waals surface area contributed by atoms with Gasteiger partial charge in [0.05, 0.1) is 0 Å². The molecule has 0 aliphatic carbocycles. The van der Waals surface area contributed by atoms with Crippen molar-refractivity contribution < 1.29 is 0 Å². The summed E-state index contributed by atoms with van der Waals surface area (Å²) in [6.07, 6.45) is 3.82. The number of benzene rings is 2. The Morgan fingerprint density at radius 3 is 1.52 bits per heavy atom. The molecule has 0 fully saturated rings. The molecule has 0 saturated carbocycles. The van der Waals surface area contributed by atoms with Crippen LogP contribution in [0, 0.1) is 6.92 Å². The van der Waals surface area contributed by atoms with E-state index in [2.05, 4.69) is 90.1 Å². The molecule has 2 aromatic carbocycles. The first-order valence-electron chi connectivity index (χ1n) is 9.09. The number of hydrogen-bond donors (Lipinski definition) is 0. The van der Waals surface area contributed by atoms with Gasteiger partial charge in [-0.05, 0) is 48.3 Å². The van der Waals surface area contributed by atoms with Crippen molar-refractivity contribution in [1.29, 1.82) is 0 Å². The second kappa shape index (κ2) is 10.3. The molecule has 0 radical (unpaired) electrons. The van der Waals surface area contributed by atoms with E-state index in [1.165, 1.54) is 41.5 Å². The summed E-state index contributed by atoms with van der Waals surface area (Å²) in [4.78, 5) is 0. The molecule has 2 rings (SSSR count). The Labute approximate surface area is 144 Å². The zero-order valence-corrected chi connectivity index (χ0v) is 15.9. The van der Waals surface area contributed by atoms with Crippen molar-refractivity contribution in [3.8, 4) is 0 Å². The van der Waals surface area contributed by atoms with E-state index in [4.69, 9.17) is 0 Å². The van der Waals surface area contributed by atoms with Crippen molar-refractivity contribution in [2.75, 3.05) is 0 Å². The highest BCUT2D eigenvalue weighted by Gasteiger charge is 1.98. The molecule has 0 unspecified atom stereocenters. The molecule has 0 atom stereocenters. The van der Waals surface area contributed by atoms with Crippen LogP contribution in [0.4, 0.5) is 0 Å². The smallest absolute Gasteiger partial charge is 0.0219 e. The van der Waals surface area contributed by atoms with Gasteiger partial charge in [0, 0.05) is 0 Å². The van der Waals surface area contributed by atoms with Crippen LogP contribution in [0.5, 0.6) is 0 Å². The molecule has 126 valence electrons. The lowest BCUT2D eigenvalue weighted by molar-refractivity contribution is 0.793. The third kappa shape index (κ3) is 7.50. The number of hydrogen-bond acceptors (Lipinski definition) is 0. The summed E-state index contributed by atoms with van der Waals surface area (Å²) in [5.74, 6) is 1.31. The second-order valence-electron chi connectivity index (χ2n) is 7.07. The maximum Gasteiger partial charge on any atom is -0.0219 e. The zero-order valence-electron chi connectivity index (χ0n) is 15.9. The molecule has 0 aromatic heterocycles. The van der Waals surface area contributed by atoms with E-state index >= 15 is 0 Å². The van der Waals surface area contributed by atoms with Crippen molar-refractivity contribution in [2.45, 2.75) is 72.6 Å². The summed E-state index contributed by atoms with van der Waals surface area (Å²) in [6, 6.07) is 17.8. The standard InChI is InChI=1S/C13H20.C10H14/c1-4-5-6-12-7-9-13(10-8-12)11(2)3;1-8(2)10-6-4-9(3)5-7-10/h7-11H,4-6H2,1-3H3;4-8H,1-3H3. The highest BCUT2D eigenvalue weighted by Crippen LogP contribution is 2.15. The zero-order chi connectivity index (χ0) is 17.2. The summed E-state index contributed by atoms with van der Waals surface area (Å²) in [5, 5.41) is 0. The lowest BCUT2D eigenvalue weighted by Gasteiger charge is -2.06. The molecule has 0 N–H and O–H groups in total. The molecule has 0 saturated heterocycles. The van der Waals surface area contributed by atoms with Crippen LogP contribution >= 0.6 is 0 Å². The Bertz CT molecular complexity index is 529. The van der Waals surface area contributed by atoms with Gasteiger partial charge in [0.1, 0.15) is 0 Å². The lowest BCUT2D eigenvalue weighted by Crippen LogP contribution is -1.89. The van der Waals surface area contributed by atoms with Gasteiger partial charge in [0.25, 0.3) is 0 Å². The van der Waals surface area contributed by atoms with Gasteiger partial charge in [-0.25, -0.2) is 0 Å². The predicted molar refractivity (Wildman–Crippen MR) is 104 cm³/mol. The van der Waals surface area contributed by atoms with Crippen LogP contribution < -0.4 is 0 Å². The lowest BCUT2D eigenvalue weighted by atomic mass is 10.00. The first-order chi connectivity index (χ1) is 10.9. The van der Waals surface area contributed by atoms with Gasteiger partial charge in [-0.1, -0.05) is 95.1 Å². The fourth-order valence-corrected chi connectivity index (χ4v) is 2.40. The molecule has 23 heavy (non-hydrogen) atoms. The largest absolute Gasteiger partial charge is 0.0654 e. The van der Waals surface area contributed by atoms with Crippen LogP contribution in [-0.4, -0.2) is 0 Å². The van der Waals surface area contributed by atoms with E-state index in [0.29, 0.717) is 11.8 Å². The van der Waals surface area contributed by atoms with Gasteiger partial charge >= 0.3 is 0 Å². The Hall–Kier alpha value is -1.56. The van der Waals surface area contributed by atoms with E-state index in [9.17, 15) is 0 Å². The summed E-state index contributed by atoms with van der Waals surface area (Å²) < 4.78 is 0. The minimum absolute atomic E-state index is 0.653. The molecule has 0 aliphatic rings. The first-order valence-corrected chi connectivity index (χ1v) is 9.09. The van der Waals surface area contributed by atoms with E-state index in [0.717, 1.165) is 0 Å². The van der Waals surface area contributed by atoms with Gasteiger partial charge in [-0.15, -0.1) is 0 Å². The molecule has 0 amide bonds. The fourth-order valence-electron chi connectivity index (χ4n) is 2.40. The molecule has 0 spiro atoms. The van der Waals surface area contributed by atoms with E-state index in [1.807, 2.05) is 0 Å². The predicted octanol–water partition coefficient (Wildman–Crippen LogP) is 7.27. The Balaban J connectivity index is 0.000000238.